The van der Waals surface area contributed by atoms with Gasteiger partial charge in [0.1, 0.15) is 22.5 Å². The molecule has 0 aliphatic heterocycles. The highest BCUT2D eigenvalue weighted by Crippen LogP contribution is 2.29. The number of allylic oxidation sites excluding steroid dienone is 4. The van der Waals surface area contributed by atoms with Crippen LogP contribution in [0.3, 0.4) is 0 Å². The Morgan fingerprint density at radius 3 is 2.26 bits per heavy atom. The van der Waals surface area contributed by atoms with Crippen LogP contribution in [0.4, 0.5) is 0 Å². The molecule has 0 bridgehead atoms. The van der Waals surface area contributed by atoms with E-state index in [2.05, 4.69) is 46.3 Å². The summed E-state index contributed by atoms with van der Waals surface area (Å²) in [5, 5.41) is 5.20. The third-order valence-electron chi connectivity index (χ3n) is 5.87. The summed E-state index contributed by atoms with van der Waals surface area (Å²) in [6.07, 6.45) is 25.3. The van der Waals surface area contributed by atoms with Crippen molar-refractivity contribution in [2.75, 3.05) is 12.4 Å². The summed E-state index contributed by atoms with van der Waals surface area (Å²) >= 11 is 1.31. The van der Waals surface area contributed by atoms with Crippen LogP contribution in [0.15, 0.2) is 35.7 Å². The monoisotopic (exact) mass is 544 g/mol. The number of ether oxygens (including phenoxy) is 2. The van der Waals surface area contributed by atoms with E-state index < -0.39 is 5.60 Å². The Hall–Kier alpha value is -2.35. The molecule has 0 unspecified atom stereocenters. The van der Waals surface area contributed by atoms with Crippen molar-refractivity contribution in [3.05, 3.63) is 30.6 Å². The van der Waals surface area contributed by atoms with Gasteiger partial charge in [-0.2, -0.15) is 5.10 Å². The molecule has 0 fully saturated rings. The van der Waals surface area contributed by atoms with E-state index in [-0.39, 0.29) is 11.7 Å². The van der Waals surface area contributed by atoms with E-state index in [0.717, 1.165) is 19.3 Å². The van der Waals surface area contributed by atoms with Gasteiger partial charge < -0.3 is 9.47 Å². The molecule has 0 aliphatic rings. The van der Waals surface area contributed by atoms with Crippen molar-refractivity contribution < 1.29 is 14.3 Å². The highest BCUT2D eigenvalue weighted by Gasteiger charge is 2.20. The third-order valence-corrected chi connectivity index (χ3v) is 6.82. The molecule has 0 aliphatic carbocycles. The van der Waals surface area contributed by atoms with Crippen molar-refractivity contribution in [2.24, 2.45) is 7.05 Å². The second-order valence-electron chi connectivity index (χ2n) is 10.6. The highest BCUT2D eigenvalue weighted by molar-refractivity contribution is 8.00. The van der Waals surface area contributed by atoms with Crippen LogP contribution < -0.4 is 4.74 Å². The van der Waals surface area contributed by atoms with Gasteiger partial charge in [-0.3, -0.25) is 4.79 Å². The summed E-state index contributed by atoms with van der Waals surface area (Å²) in [6, 6.07) is 0. The first kappa shape index (κ1) is 31.9. The molecular weight excluding hydrogens is 496 g/mol. The SMILES string of the molecule is CCCCC/C=C\C/C=C\CCCCCCCCOc1c2ncnc(SCC(=O)OC(C)(C)C)c2nn1C. The maximum absolute atomic E-state index is 12.1. The molecule has 0 saturated heterocycles. The lowest BCUT2D eigenvalue weighted by Gasteiger charge is -2.19. The molecule has 0 aromatic carbocycles. The Kier molecular flexibility index (Phi) is 15.1. The molecule has 0 saturated carbocycles. The Labute approximate surface area is 233 Å². The van der Waals surface area contributed by atoms with Gasteiger partial charge in [0.2, 0.25) is 5.88 Å². The predicted octanol–water partition coefficient (Wildman–Crippen LogP) is 7.99. The predicted molar refractivity (Wildman–Crippen MR) is 158 cm³/mol. The quantitative estimate of drug-likeness (QED) is 0.0583. The van der Waals surface area contributed by atoms with E-state index in [1.54, 1.807) is 4.68 Å². The molecule has 2 rings (SSSR count). The average Bonchev–Trinajstić information content (AvgIpc) is 3.19. The summed E-state index contributed by atoms with van der Waals surface area (Å²) in [5.74, 6) is 0.534. The zero-order valence-corrected chi connectivity index (χ0v) is 25.0. The van der Waals surface area contributed by atoms with E-state index in [1.165, 1.54) is 75.9 Å². The zero-order valence-electron chi connectivity index (χ0n) is 24.2. The van der Waals surface area contributed by atoms with Crippen LogP contribution >= 0.6 is 11.8 Å². The van der Waals surface area contributed by atoms with Gasteiger partial charge in [-0.1, -0.05) is 81.5 Å². The number of hydrogen-bond acceptors (Lipinski definition) is 7. The fourth-order valence-electron chi connectivity index (χ4n) is 3.98. The minimum absolute atomic E-state index is 0.170. The van der Waals surface area contributed by atoms with Crippen molar-refractivity contribution >= 4 is 28.8 Å². The van der Waals surface area contributed by atoms with Crippen LogP contribution in [0.1, 0.15) is 105 Å². The van der Waals surface area contributed by atoms with Crippen LogP contribution in [0.5, 0.6) is 5.88 Å². The molecule has 38 heavy (non-hydrogen) atoms. The summed E-state index contributed by atoms with van der Waals surface area (Å²) in [5.41, 5.74) is 0.817. The number of hydrogen-bond donors (Lipinski definition) is 0. The standard InChI is InChI=1S/C30H48N4O3S/c1-6-7-8-9-10-11-12-13-14-15-16-17-18-19-20-21-22-36-29-27-26(33-34(29)5)28(32-24-31-27)38-23-25(35)37-30(2,3)4/h10-11,13-14,24H,6-9,12,15-23H2,1-5H3/b11-10-,14-13-. The van der Waals surface area contributed by atoms with Gasteiger partial charge in [-0.05, 0) is 59.3 Å². The van der Waals surface area contributed by atoms with Crippen LogP contribution in [0, 0.1) is 0 Å². The summed E-state index contributed by atoms with van der Waals surface area (Å²) in [6.45, 7) is 8.45. The maximum Gasteiger partial charge on any atom is 0.316 e. The first-order valence-corrected chi connectivity index (χ1v) is 15.3. The first-order valence-electron chi connectivity index (χ1n) is 14.3. The number of esters is 1. The molecule has 0 radical (unpaired) electrons. The van der Waals surface area contributed by atoms with Crippen molar-refractivity contribution in [1.29, 1.82) is 0 Å². The lowest BCUT2D eigenvalue weighted by Crippen LogP contribution is -2.24. The number of nitrogens with zero attached hydrogens (tertiary/aromatic N) is 4. The lowest BCUT2D eigenvalue weighted by atomic mass is 10.1. The molecule has 8 heteroatoms. The number of carbonyl (C=O) groups is 1. The topological polar surface area (TPSA) is 79.1 Å². The van der Waals surface area contributed by atoms with E-state index in [9.17, 15) is 4.79 Å². The van der Waals surface area contributed by atoms with Crippen molar-refractivity contribution in [1.82, 2.24) is 19.7 Å². The normalized spacial score (nSPS) is 12.2. The molecule has 0 N–H and O–H groups in total. The Morgan fingerprint density at radius 2 is 1.58 bits per heavy atom. The number of thioether (sulfide) groups is 1. The molecule has 7 nitrogen and oxygen atoms in total. The molecular formula is C30H48N4O3S. The van der Waals surface area contributed by atoms with Gasteiger partial charge in [-0.15, -0.1) is 0 Å². The Morgan fingerprint density at radius 1 is 0.921 bits per heavy atom. The number of fused-ring (bicyclic) bond motifs is 1. The lowest BCUT2D eigenvalue weighted by molar-refractivity contribution is -0.151. The number of rotatable bonds is 19. The smallest absolute Gasteiger partial charge is 0.316 e. The number of aromatic nitrogens is 4. The van der Waals surface area contributed by atoms with Gasteiger partial charge in [0.05, 0.1) is 12.4 Å². The zero-order chi connectivity index (χ0) is 27.6. The second kappa shape index (κ2) is 18.0. The van der Waals surface area contributed by atoms with Crippen molar-refractivity contribution in [3.8, 4) is 5.88 Å². The van der Waals surface area contributed by atoms with Crippen molar-refractivity contribution in [3.63, 3.8) is 0 Å². The summed E-state index contributed by atoms with van der Waals surface area (Å²) < 4.78 is 13.1. The highest BCUT2D eigenvalue weighted by atomic mass is 32.2. The molecule has 0 spiro atoms. The maximum atomic E-state index is 12.1. The van der Waals surface area contributed by atoms with Crippen LogP contribution in [-0.2, 0) is 16.6 Å². The van der Waals surface area contributed by atoms with E-state index in [0.29, 0.717) is 28.5 Å². The molecule has 2 heterocycles. The molecule has 0 atom stereocenters. The van der Waals surface area contributed by atoms with Crippen LogP contribution in [0.2, 0.25) is 0 Å². The van der Waals surface area contributed by atoms with E-state index in [1.807, 2.05) is 27.8 Å². The Bertz CT molecular complexity index is 1010. The van der Waals surface area contributed by atoms with Gasteiger partial charge in [0, 0.05) is 7.05 Å². The average molecular weight is 545 g/mol. The molecule has 0 amide bonds. The number of unbranched alkanes of at least 4 members (excludes halogenated alkanes) is 9. The Balaban J connectivity index is 1.61. The number of aryl methyl sites for hydroxylation is 1. The van der Waals surface area contributed by atoms with E-state index in [4.69, 9.17) is 9.47 Å². The van der Waals surface area contributed by atoms with Crippen molar-refractivity contribution in [2.45, 2.75) is 115 Å². The van der Waals surface area contributed by atoms with Gasteiger partial charge in [0.15, 0.2) is 5.52 Å². The largest absolute Gasteiger partial charge is 0.476 e. The minimum atomic E-state index is -0.507. The third kappa shape index (κ3) is 12.9. The second-order valence-corrected chi connectivity index (χ2v) is 11.6. The van der Waals surface area contributed by atoms with Crippen LogP contribution in [-0.4, -0.2) is 43.7 Å². The number of carbonyl (C=O) groups excluding carboxylic acids is 1. The van der Waals surface area contributed by atoms with E-state index >= 15 is 0 Å². The first-order chi connectivity index (χ1) is 18.3. The molecule has 212 valence electrons. The van der Waals surface area contributed by atoms with Crippen LogP contribution in [0.25, 0.3) is 11.0 Å². The van der Waals surface area contributed by atoms with Gasteiger partial charge in [0.25, 0.3) is 0 Å². The fourth-order valence-corrected chi connectivity index (χ4v) is 4.69. The molecule has 2 aromatic rings. The van der Waals surface area contributed by atoms with Gasteiger partial charge in [-0.25, -0.2) is 14.6 Å². The fraction of sp³-hybridized carbons (Fsp3) is 0.667. The summed E-state index contributed by atoms with van der Waals surface area (Å²) in [4.78, 5) is 20.8. The molecule has 2 aromatic heterocycles. The summed E-state index contributed by atoms with van der Waals surface area (Å²) in [7, 11) is 1.84. The van der Waals surface area contributed by atoms with Gasteiger partial charge >= 0.3 is 5.97 Å². The minimum Gasteiger partial charge on any atom is -0.476 e.